The number of nitrogens with one attached hydrogen (secondary N) is 3. The van der Waals surface area contributed by atoms with Crippen molar-refractivity contribution in [3.63, 3.8) is 0 Å². The van der Waals surface area contributed by atoms with Crippen molar-refractivity contribution in [2.24, 2.45) is 11.5 Å². The van der Waals surface area contributed by atoms with Crippen LogP contribution in [0.5, 0.6) is 0 Å². The number of amides is 3. The zero-order valence-electron chi connectivity index (χ0n) is 42.6. The summed E-state index contributed by atoms with van der Waals surface area (Å²) in [5.41, 5.74) is 11.6. The molecule has 0 radical (unpaired) electrons. The Kier molecular flexibility index (Phi) is 43.1. The molecule has 0 bridgehead atoms. The Morgan fingerprint density at radius 2 is 0.853 bits per heavy atom. The van der Waals surface area contributed by atoms with Gasteiger partial charge in [-0.3, -0.25) is 28.8 Å². The molecular formula is C52H97N5O11. The monoisotopic (exact) mass is 968 g/mol. The molecule has 0 rings (SSSR count). The molecule has 0 fully saturated rings. The molecule has 68 heavy (non-hydrogen) atoms. The van der Waals surface area contributed by atoms with Gasteiger partial charge in [-0.05, 0) is 44.9 Å². The number of ether oxygens (including phenoxy) is 2. The molecule has 0 aliphatic heterocycles. The summed E-state index contributed by atoms with van der Waals surface area (Å²) in [5.74, 6) is -5.70. The van der Waals surface area contributed by atoms with E-state index >= 15 is 0 Å². The Balaban J connectivity index is 5.27. The molecule has 16 heteroatoms. The van der Waals surface area contributed by atoms with Crippen LogP contribution in [0.4, 0.5) is 0 Å². The summed E-state index contributed by atoms with van der Waals surface area (Å²) in [6.45, 7) is 5.00. The summed E-state index contributed by atoms with van der Waals surface area (Å²) >= 11 is 0. The number of hydrogen-bond acceptors (Lipinski definition) is 11. The average Bonchev–Trinajstić information content (AvgIpc) is 3.30. The van der Waals surface area contributed by atoms with Crippen molar-refractivity contribution < 1.29 is 53.2 Å². The van der Waals surface area contributed by atoms with E-state index in [1.807, 2.05) is 0 Å². The van der Waals surface area contributed by atoms with Crippen molar-refractivity contribution in [3.05, 3.63) is 0 Å². The topological polar surface area (TPSA) is 267 Å². The Labute approximate surface area is 410 Å². The highest BCUT2D eigenvalue weighted by molar-refractivity contribution is 5.92. The van der Waals surface area contributed by atoms with Gasteiger partial charge in [0.2, 0.25) is 17.7 Å². The standard InChI is InChI=1S/C52H97N5O11/c1-3-5-7-9-11-13-15-17-19-21-23-25-27-31-39-67-48(62)37-35-45(52(66)68-40-32-28-26-24-22-20-18-16-14-12-10-8-6-4-2)57-51(65)44(56-50(64)42(53)34-36-46(58)59)33-29-30-38-55-49(63)43(54)41-47(60)61/h42-45H,3-41,53-54H2,1-2H3,(H,55,63)(H,56,64)(H,57,65)(H,58,59)(H,60,61). The number of carboxylic acid groups (broad SMARTS) is 2. The molecule has 4 unspecified atom stereocenters. The van der Waals surface area contributed by atoms with Gasteiger partial charge in [-0.1, -0.05) is 181 Å². The Bertz CT molecular complexity index is 1340. The third-order valence-electron chi connectivity index (χ3n) is 12.3. The second kappa shape index (κ2) is 45.6. The number of carbonyl (C=O) groups is 7. The van der Waals surface area contributed by atoms with Gasteiger partial charge in [-0.15, -0.1) is 0 Å². The van der Waals surface area contributed by atoms with Gasteiger partial charge >= 0.3 is 23.9 Å². The molecule has 0 saturated carbocycles. The molecular weight excluding hydrogens is 871 g/mol. The fourth-order valence-electron chi connectivity index (χ4n) is 7.96. The number of esters is 2. The van der Waals surface area contributed by atoms with Crippen LogP contribution in [0.2, 0.25) is 0 Å². The molecule has 0 saturated heterocycles. The molecule has 0 spiro atoms. The molecule has 0 aliphatic carbocycles. The number of carboxylic acids is 2. The molecule has 396 valence electrons. The maximum Gasteiger partial charge on any atom is 0.328 e. The molecule has 0 aromatic carbocycles. The van der Waals surface area contributed by atoms with Crippen molar-refractivity contribution in [1.82, 2.24) is 16.0 Å². The van der Waals surface area contributed by atoms with E-state index in [2.05, 4.69) is 29.8 Å². The molecule has 0 heterocycles. The van der Waals surface area contributed by atoms with Gasteiger partial charge in [0.15, 0.2) is 0 Å². The Morgan fingerprint density at radius 1 is 0.426 bits per heavy atom. The number of nitrogens with two attached hydrogens (primary N) is 2. The van der Waals surface area contributed by atoms with Crippen LogP contribution < -0.4 is 27.4 Å². The lowest BCUT2D eigenvalue weighted by molar-refractivity contribution is -0.149. The summed E-state index contributed by atoms with van der Waals surface area (Å²) in [7, 11) is 0. The summed E-state index contributed by atoms with van der Waals surface area (Å²) in [6.07, 6.45) is 32.8. The van der Waals surface area contributed by atoms with Crippen molar-refractivity contribution in [1.29, 1.82) is 0 Å². The molecule has 0 aromatic rings. The van der Waals surface area contributed by atoms with E-state index in [0.29, 0.717) is 12.8 Å². The lowest BCUT2D eigenvalue weighted by Gasteiger charge is -2.24. The maximum atomic E-state index is 13.8. The van der Waals surface area contributed by atoms with Crippen LogP contribution in [0.1, 0.15) is 245 Å². The zero-order chi connectivity index (χ0) is 50.5. The number of carbonyl (C=O) groups excluding carboxylic acids is 5. The zero-order valence-corrected chi connectivity index (χ0v) is 42.6. The van der Waals surface area contributed by atoms with E-state index in [-0.39, 0.29) is 58.3 Å². The molecule has 3 amide bonds. The third-order valence-corrected chi connectivity index (χ3v) is 12.3. The summed E-state index contributed by atoms with van der Waals surface area (Å²) < 4.78 is 11.1. The van der Waals surface area contributed by atoms with Crippen LogP contribution in [0, 0.1) is 0 Å². The molecule has 4 atom stereocenters. The minimum atomic E-state index is -1.23. The lowest BCUT2D eigenvalue weighted by atomic mass is 10.0. The van der Waals surface area contributed by atoms with E-state index < -0.39 is 72.2 Å². The van der Waals surface area contributed by atoms with Crippen molar-refractivity contribution >= 4 is 41.6 Å². The molecule has 0 aromatic heterocycles. The summed E-state index contributed by atoms with van der Waals surface area (Å²) in [6, 6.07) is -4.89. The van der Waals surface area contributed by atoms with Gasteiger partial charge < -0.3 is 47.1 Å². The van der Waals surface area contributed by atoms with Gasteiger partial charge in [0.1, 0.15) is 12.1 Å². The number of unbranched alkanes of at least 4 members (excludes halogenated alkanes) is 27. The van der Waals surface area contributed by atoms with E-state index in [0.717, 1.165) is 44.9 Å². The number of aliphatic carboxylic acids is 2. The highest BCUT2D eigenvalue weighted by Gasteiger charge is 2.30. The number of rotatable bonds is 49. The fourth-order valence-corrected chi connectivity index (χ4v) is 7.96. The van der Waals surface area contributed by atoms with E-state index in [4.69, 9.17) is 31.2 Å². The summed E-state index contributed by atoms with van der Waals surface area (Å²) in [4.78, 5) is 87.3. The molecule has 9 N–H and O–H groups in total. The minimum absolute atomic E-state index is 0.0440. The average molecular weight is 968 g/mol. The van der Waals surface area contributed by atoms with Gasteiger partial charge in [0, 0.05) is 19.4 Å². The first-order chi connectivity index (χ1) is 32.8. The van der Waals surface area contributed by atoms with Gasteiger partial charge in [0.05, 0.1) is 31.7 Å². The highest BCUT2D eigenvalue weighted by atomic mass is 16.5. The lowest BCUT2D eigenvalue weighted by Crippen LogP contribution is -2.54. The van der Waals surface area contributed by atoms with E-state index in [1.165, 1.54) is 128 Å². The van der Waals surface area contributed by atoms with Crippen LogP contribution in [0.25, 0.3) is 0 Å². The SMILES string of the molecule is CCCCCCCCCCCCCCCCOC(=O)CCC(NC(=O)C(CCCCNC(=O)C(N)CC(=O)O)NC(=O)C(N)CCC(=O)O)C(=O)OCCCCCCCCCCCCCCCC. The quantitative estimate of drug-likeness (QED) is 0.0222. The Hall–Kier alpha value is -3.79. The second-order valence-electron chi connectivity index (χ2n) is 18.8. The van der Waals surface area contributed by atoms with Crippen LogP contribution in [-0.2, 0) is 43.0 Å². The van der Waals surface area contributed by atoms with Crippen molar-refractivity contribution in [3.8, 4) is 0 Å². The first-order valence-corrected chi connectivity index (χ1v) is 27.0. The van der Waals surface area contributed by atoms with Crippen LogP contribution >= 0.6 is 0 Å². The summed E-state index contributed by atoms with van der Waals surface area (Å²) in [5, 5.41) is 25.8. The smallest absolute Gasteiger partial charge is 0.328 e. The first-order valence-electron chi connectivity index (χ1n) is 27.0. The minimum Gasteiger partial charge on any atom is -0.481 e. The van der Waals surface area contributed by atoms with Gasteiger partial charge in [-0.25, -0.2) is 4.79 Å². The Morgan fingerprint density at radius 3 is 1.29 bits per heavy atom. The van der Waals surface area contributed by atoms with Gasteiger partial charge in [0.25, 0.3) is 0 Å². The largest absolute Gasteiger partial charge is 0.481 e. The molecule has 0 aliphatic rings. The fraction of sp³-hybridized carbons (Fsp3) is 0.865. The van der Waals surface area contributed by atoms with E-state index in [1.54, 1.807) is 0 Å². The highest BCUT2D eigenvalue weighted by Crippen LogP contribution is 2.15. The van der Waals surface area contributed by atoms with Crippen LogP contribution in [0.15, 0.2) is 0 Å². The second-order valence-corrected chi connectivity index (χ2v) is 18.8. The number of hydrogen-bond donors (Lipinski definition) is 7. The van der Waals surface area contributed by atoms with E-state index in [9.17, 15) is 33.6 Å². The van der Waals surface area contributed by atoms with Crippen molar-refractivity contribution in [2.75, 3.05) is 19.8 Å². The molecule has 16 nitrogen and oxygen atoms in total. The van der Waals surface area contributed by atoms with Crippen LogP contribution in [0.3, 0.4) is 0 Å². The third kappa shape index (κ3) is 40.1. The van der Waals surface area contributed by atoms with Crippen molar-refractivity contribution in [2.45, 2.75) is 269 Å². The normalized spacial score (nSPS) is 12.9. The maximum absolute atomic E-state index is 13.8. The first kappa shape index (κ1) is 64.2. The predicted molar refractivity (Wildman–Crippen MR) is 268 cm³/mol. The van der Waals surface area contributed by atoms with Crippen LogP contribution in [-0.4, -0.2) is 95.7 Å². The predicted octanol–water partition coefficient (Wildman–Crippen LogP) is 9.07. The van der Waals surface area contributed by atoms with Gasteiger partial charge in [-0.2, -0.15) is 0 Å².